The van der Waals surface area contributed by atoms with E-state index in [4.69, 9.17) is 20.4 Å². The summed E-state index contributed by atoms with van der Waals surface area (Å²) in [5.41, 5.74) is 5.31. The van der Waals surface area contributed by atoms with Crippen LogP contribution in [0.2, 0.25) is 0 Å². The van der Waals surface area contributed by atoms with Crippen molar-refractivity contribution in [3.8, 4) is 0 Å². The van der Waals surface area contributed by atoms with E-state index in [1.165, 1.54) is 12.1 Å². The molecule has 0 bridgehead atoms. The molecule has 1 rings (SSSR count). The molecule has 1 atom stereocenters. The van der Waals surface area contributed by atoms with Gasteiger partial charge in [0, 0.05) is 6.42 Å². The van der Waals surface area contributed by atoms with Crippen LogP contribution in [0.25, 0.3) is 0 Å². The number of hydrogen-bond donors (Lipinski definition) is 4. The first kappa shape index (κ1) is 14.7. The molecule has 0 saturated carbocycles. The Kier molecular flexibility index (Phi) is 5.07. The van der Waals surface area contributed by atoms with Gasteiger partial charge in [0.05, 0.1) is 6.54 Å². The van der Waals surface area contributed by atoms with Crippen molar-refractivity contribution in [1.29, 1.82) is 0 Å². The molecule has 0 aliphatic rings. The molecule has 1 aromatic heterocycles. The number of hydrogen-bond acceptors (Lipinski definition) is 5. The Morgan fingerprint density at radius 1 is 1.32 bits per heavy atom. The molecule has 1 heterocycles. The lowest BCUT2D eigenvalue weighted by Gasteiger charge is -2.12. The molecule has 104 valence electrons. The van der Waals surface area contributed by atoms with E-state index in [1.54, 1.807) is 0 Å². The fourth-order valence-corrected chi connectivity index (χ4v) is 1.36. The molecule has 8 nitrogen and oxygen atoms in total. The van der Waals surface area contributed by atoms with Gasteiger partial charge in [-0.25, -0.2) is 4.79 Å². The van der Waals surface area contributed by atoms with Gasteiger partial charge in [0.15, 0.2) is 5.76 Å². The Hall–Kier alpha value is -2.35. The van der Waals surface area contributed by atoms with E-state index in [-0.39, 0.29) is 25.1 Å². The average Bonchev–Trinajstić information content (AvgIpc) is 2.82. The van der Waals surface area contributed by atoms with Crippen molar-refractivity contribution in [1.82, 2.24) is 5.32 Å². The number of carbonyl (C=O) groups is 3. The van der Waals surface area contributed by atoms with Crippen molar-refractivity contribution in [3.05, 3.63) is 23.7 Å². The van der Waals surface area contributed by atoms with Gasteiger partial charge >= 0.3 is 11.9 Å². The van der Waals surface area contributed by atoms with E-state index < -0.39 is 23.9 Å². The first-order valence-corrected chi connectivity index (χ1v) is 5.48. The molecule has 0 aromatic carbocycles. The number of nitrogens with two attached hydrogens (primary N) is 1. The second-order valence-electron chi connectivity index (χ2n) is 3.77. The summed E-state index contributed by atoms with van der Waals surface area (Å²) in [7, 11) is 0. The highest BCUT2D eigenvalue weighted by molar-refractivity contribution is 5.94. The van der Waals surface area contributed by atoms with Gasteiger partial charge in [-0.3, -0.25) is 9.59 Å². The summed E-state index contributed by atoms with van der Waals surface area (Å²) in [4.78, 5) is 32.9. The maximum absolute atomic E-state index is 11.7. The Bertz CT molecular complexity index is 481. The zero-order valence-electron chi connectivity index (χ0n) is 9.96. The Labute approximate surface area is 108 Å². The summed E-state index contributed by atoms with van der Waals surface area (Å²) < 4.78 is 5.05. The van der Waals surface area contributed by atoms with Crippen LogP contribution in [-0.2, 0) is 16.1 Å². The Morgan fingerprint density at radius 3 is 2.47 bits per heavy atom. The number of rotatable bonds is 7. The SMILES string of the molecule is NCc1ccc(C(=O)N[C@@H](CCC(=O)O)C(=O)O)o1. The topological polar surface area (TPSA) is 143 Å². The summed E-state index contributed by atoms with van der Waals surface area (Å²) in [5.74, 6) is -2.84. The van der Waals surface area contributed by atoms with Crippen LogP contribution >= 0.6 is 0 Å². The van der Waals surface area contributed by atoms with E-state index in [0.717, 1.165) is 0 Å². The molecule has 0 saturated heterocycles. The standard InChI is InChI=1S/C11H14N2O6/c12-5-6-1-3-8(19-6)10(16)13-7(11(17)18)2-4-9(14)15/h1,3,7H,2,4-5,12H2,(H,13,16)(H,14,15)(H,17,18)/t7-/m0/s1. The number of carbonyl (C=O) groups excluding carboxylic acids is 1. The third-order valence-corrected chi connectivity index (χ3v) is 2.34. The maximum atomic E-state index is 11.7. The summed E-state index contributed by atoms with van der Waals surface area (Å²) in [6.45, 7) is 0.120. The number of nitrogens with one attached hydrogen (secondary N) is 1. The predicted octanol–water partition coefficient (Wildman–Crippen LogP) is -0.214. The van der Waals surface area contributed by atoms with Crippen LogP contribution in [0.15, 0.2) is 16.5 Å². The number of aliphatic carboxylic acids is 2. The first-order chi connectivity index (χ1) is 8.93. The van der Waals surface area contributed by atoms with Gasteiger partial charge in [-0.05, 0) is 18.6 Å². The molecule has 0 aliphatic carbocycles. The van der Waals surface area contributed by atoms with Crippen LogP contribution < -0.4 is 11.1 Å². The molecule has 1 aromatic rings. The van der Waals surface area contributed by atoms with Gasteiger partial charge in [-0.2, -0.15) is 0 Å². The van der Waals surface area contributed by atoms with Crippen LogP contribution in [0.4, 0.5) is 0 Å². The van der Waals surface area contributed by atoms with Crippen LogP contribution in [0.1, 0.15) is 29.2 Å². The molecular weight excluding hydrogens is 256 g/mol. The molecule has 0 fully saturated rings. The summed E-state index contributed by atoms with van der Waals surface area (Å²) in [6, 6.07) is 1.59. The smallest absolute Gasteiger partial charge is 0.326 e. The van der Waals surface area contributed by atoms with Crippen molar-refractivity contribution >= 4 is 17.8 Å². The second kappa shape index (κ2) is 6.55. The highest BCUT2D eigenvalue weighted by Crippen LogP contribution is 2.08. The Morgan fingerprint density at radius 2 is 2.00 bits per heavy atom. The predicted molar refractivity (Wildman–Crippen MR) is 62.4 cm³/mol. The number of furan rings is 1. The summed E-state index contributed by atoms with van der Waals surface area (Å²) in [6.07, 6.45) is -0.565. The van der Waals surface area contributed by atoms with Gasteiger partial charge in [0.1, 0.15) is 11.8 Å². The number of carboxylic acids is 2. The van der Waals surface area contributed by atoms with Gasteiger partial charge in [0.2, 0.25) is 0 Å². The molecule has 8 heteroatoms. The fraction of sp³-hybridized carbons (Fsp3) is 0.364. The minimum Gasteiger partial charge on any atom is -0.481 e. The van der Waals surface area contributed by atoms with Crippen molar-refractivity contribution in [2.75, 3.05) is 0 Å². The van der Waals surface area contributed by atoms with E-state index >= 15 is 0 Å². The summed E-state index contributed by atoms with van der Waals surface area (Å²) >= 11 is 0. The van der Waals surface area contributed by atoms with E-state index in [1.807, 2.05) is 0 Å². The van der Waals surface area contributed by atoms with Gasteiger partial charge in [-0.15, -0.1) is 0 Å². The fourth-order valence-electron chi connectivity index (χ4n) is 1.36. The molecule has 5 N–H and O–H groups in total. The van der Waals surface area contributed by atoms with Crippen LogP contribution in [0.5, 0.6) is 0 Å². The minimum atomic E-state index is -1.31. The lowest BCUT2D eigenvalue weighted by Crippen LogP contribution is -2.41. The Balaban J connectivity index is 2.65. The third kappa shape index (κ3) is 4.43. The number of amides is 1. The molecule has 1 amide bonds. The van der Waals surface area contributed by atoms with Gasteiger partial charge in [0.25, 0.3) is 5.91 Å². The van der Waals surface area contributed by atoms with Gasteiger partial charge < -0.3 is 25.7 Å². The average molecular weight is 270 g/mol. The normalized spacial score (nSPS) is 11.8. The molecule has 0 unspecified atom stereocenters. The van der Waals surface area contributed by atoms with Crippen molar-refractivity contribution < 1.29 is 29.0 Å². The molecular formula is C11H14N2O6. The molecule has 19 heavy (non-hydrogen) atoms. The van der Waals surface area contributed by atoms with E-state index in [9.17, 15) is 14.4 Å². The van der Waals surface area contributed by atoms with E-state index in [0.29, 0.717) is 5.76 Å². The lowest BCUT2D eigenvalue weighted by molar-refractivity contribution is -0.140. The van der Waals surface area contributed by atoms with Crippen LogP contribution in [-0.4, -0.2) is 34.1 Å². The monoisotopic (exact) mass is 270 g/mol. The van der Waals surface area contributed by atoms with Crippen molar-refractivity contribution in [3.63, 3.8) is 0 Å². The van der Waals surface area contributed by atoms with Gasteiger partial charge in [-0.1, -0.05) is 0 Å². The van der Waals surface area contributed by atoms with Crippen molar-refractivity contribution in [2.24, 2.45) is 5.73 Å². The lowest BCUT2D eigenvalue weighted by atomic mass is 10.1. The summed E-state index contributed by atoms with van der Waals surface area (Å²) in [5, 5.41) is 19.6. The highest BCUT2D eigenvalue weighted by atomic mass is 16.4. The van der Waals surface area contributed by atoms with E-state index in [2.05, 4.69) is 5.32 Å². The zero-order valence-corrected chi connectivity index (χ0v) is 9.96. The minimum absolute atomic E-state index is 0.0676. The second-order valence-corrected chi connectivity index (χ2v) is 3.77. The molecule has 0 radical (unpaired) electrons. The van der Waals surface area contributed by atoms with Crippen molar-refractivity contribution in [2.45, 2.75) is 25.4 Å². The van der Waals surface area contributed by atoms with Crippen LogP contribution in [0.3, 0.4) is 0 Å². The third-order valence-electron chi connectivity index (χ3n) is 2.34. The van der Waals surface area contributed by atoms with Crippen LogP contribution in [0, 0.1) is 0 Å². The molecule has 0 aliphatic heterocycles. The molecule has 0 spiro atoms. The first-order valence-electron chi connectivity index (χ1n) is 5.48. The largest absolute Gasteiger partial charge is 0.481 e. The zero-order chi connectivity index (χ0) is 14.4. The maximum Gasteiger partial charge on any atom is 0.326 e. The quantitative estimate of drug-likeness (QED) is 0.536. The number of carboxylic acid groups (broad SMARTS) is 2. The highest BCUT2D eigenvalue weighted by Gasteiger charge is 2.22.